The summed E-state index contributed by atoms with van der Waals surface area (Å²) in [5.74, 6) is 0.524. The van der Waals surface area contributed by atoms with Gasteiger partial charge < -0.3 is 10.1 Å². The Kier molecular flexibility index (Phi) is 5.84. The van der Waals surface area contributed by atoms with Gasteiger partial charge in [-0.2, -0.15) is 0 Å². The van der Waals surface area contributed by atoms with Gasteiger partial charge in [0.1, 0.15) is 5.75 Å². The molecule has 116 valence electrons. The lowest BCUT2D eigenvalue weighted by atomic mass is 10.1. The van der Waals surface area contributed by atoms with Crippen LogP contribution in [-0.2, 0) is 11.2 Å². The van der Waals surface area contributed by atoms with Gasteiger partial charge in [-0.3, -0.25) is 4.79 Å². The predicted octanol–water partition coefficient (Wildman–Crippen LogP) is 3.77. The number of halogens is 1. The molecule has 0 fully saturated rings. The Labute approximate surface area is 136 Å². The van der Waals surface area contributed by atoms with Crippen LogP contribution in [0.2, 0.25) is 5.02 Å². The van der Waals surface area contributed by atoms with E-state index in [4.69, 9.17) is 16.3 Å². The number of rotatable bonds is 6. The van der Waals surface area contributed by atoms with Gasteiger partial charge in [-0.05, 0) is 49.6 Å². The molecule has 0 heterocycles. The molecule has 0 aromatic heterocycles. The van der Waals surface area contributed by atoms with E-state index in [9.17, 15) is 4.79 Å². The molecule has 0 saturated carbocycles. The van der Waals surface area contributed by atoms with Crippen molar-refractivity contribution in [2.24, 2.45) is 0 Å². The van der Waals surface area contributed by atoms with Crippen LogP contribution in [0.4, 0.5) is 0 Å². The molecule has 2 rings (SSSR count). The number of benzene rings is 2. The molecule has 1 atom stereocenters. The lowest BCUT2D eigenvalue weighted by Crippen LogP contribution is -2.37. The van der Waals surface area contributed by atoms with Gasteiger partial charge in [0.15, 0.2) is 6.10 Å². The standard InChI is InChI=1S/C18H20ClNO2/c1-13-12-16(8-9-17(13)19)22-14(2)18(21)20-11-10-15-6-4-3-5-7-15/h3-9,12,14H,10-11H2,1-2H3,(H,20,21)/t14-/m1/s1. The van der Waals surface area contributed by atoms with Crippen molar-refractivity contribution >= 4 is 17.5 Å². The van der Waals surface area contributed by atoms with Gasteiger partial charge in [-0.25, -0.2) is 0 Å². The fourth-order valence-corrected chi connectivity index (χ4v) is 2.18. The second kappa shape index (κ2) is 7.85. The second-order valence-corrected chi connectivity index (χ2v) is 5.60. The molecule has 0 aliphatic heterocycles. The average molecular weight is 318 g/mol. The van der Waals surface area contributed by atoms with E-state index in [2.05, 4.69) is 5.32 Å². The van der Waals surface area contributed by atoms with Crippen LogP contribution >= 0.6 is 11.6 Å². The normalized spacial score (nSPS) is 11.8. The minimum Gasteiger partial charge on any atom is -0.481 e. The van der Waals surface area contributed by atoms with Crippen molar-refractivity contribution < 1.29 is 9.53 Å². The van der Waals surface area contributed by atoms with Gasteiger partial charge in [0, 0.05) is 11.6 Å². The third kappa shape index (κ3) is 4.78. The van der Waals surface area contributed by atoms with Crippen molar-refractivity contribution in [2.75, 3.05) is 6.54 Å². The van der Waals surface area contributed by atoms with E-state index in [1.54, 1.807) is 19.1 Å². The van der Waals surface area contributed by atoms with Crippen LogP contribution in [0.1, 0.15) is 18.1 Å². The number of hydrogen-bond donors (Lipinski definition) is 1. The first-order valence-electron chi connectivity index (χ1n) is 7.30. The van der Waals surface area contributed by atoms with Crippen LogP contribution in [0, 0.1) is 6.92 Å². The average Bonchev–Trinajstić information content (AvgIpc) is 2.52. The Morgan fingerprint density at radius 1 is 1.23 bits per heavy atom. The fraction of sp³-hybridized carbons (Fsp3) is 0.278. The quantitative estimate of drug-likeness (QED) is 0.880. The maximum absolute atomic E-state index is 12.0. The van der Waals surface area contributed by atoms with E-state index in [1.165, 1.54) is 5.56 Å². The van der Waals surface area contributed by atoms with Gasteiger partial charge in [0.25, 0.3) is 5.91 Å². The summed E-state index contributed by atoms with van der Waals surface area (Å²) in [7, 11) is 0. The van der Waals surface area contributed by atoms with Crippen LogP contribution in [0.25, 0.3) is 0 Å². The fourth-order valence-electron chi connectivity index (χ4n) is 2.07. The minimum absolute atomic E-state index is 0.122. The number of carbonyl (C=O) groups is 1. The Hall–Kier alpha value is -2.00. The van der Waals surface area contributed by atoms with E-state index in [-0.39, 0.29) is 5.91 Å². The highest BCUT2D eigenvalue weighted by atomic mass is 35.5. The van der Waals surface area contributed by atoms with Crippen LogP contribution in [-0.4, -0.2) is 18.6 Å². The van der Waals surface area contributed by atoms with E-state index < -0.39 is 6.10 Å². The van der Waals surface area contributed by atoms with E-state index in [1.807, 2.05) is 43.3 Å². The molecule has 0 unspecified atom stereocenters. The molecule has 1 N–H and O–H groups in total. The lowest BCUT2D eigenvalue weighted by molar-refractivity contribution is -0.127. The summed E-state index contributed by atoms with van der Waals surface area (Å²) in [4.78, 5) is 12.0. The zero-order valence-electron chi connectivity index (χ0n) is 12.8. The van der Waals surface area contributed by atoms with E-state index in [0.717, 1.165) is 12.0 Å². The molecule has 22 heavy (non-hydrogen) atoms. The summed E-state index contributed by atoms with van der Waals surface area (Å²) >= 11 is 5.97. The third-order valence-electron chi connectivity index (χ3n) is 3.37. The Morgan fingerprint density at radius 3 is 2.64 bits per heavy atom. The number of amides is 1. The zero-order valence-corrected chi connectivity index (χ0v) is 13.6. The highest BCUT2D eigenvalue weighted by Gasteiger charge is 2.14. The second-order valence-electron chi connectivity index (χ2n) is 5.20. The number of aryl methyl sites for hydroxylation is 1. The van der Waals surface area contributed by atoms with Crippen LogP contribution in [0.15, 0.2) is 48.5 Å². The first-order valence-corrected chi connectivity index (χ1v) is 7.68. The molecular formula is C18H20ClNO2. The zero-order chi connectivity index (χ0) is 15.9. The van der Waals surface area contributed by atoms with Crippen molar-refractivity contribution in [2.45, 2.75) is 26.4 Å². The molecule has 3 nitrogen and oxygen atoms in total. The molecule has 0 radical (unpaired) electrons. The lowest BCUT2D eigenvalue weighted by Gasteiger charge is -2.15. The van der Waals surface area contributed by atoms with E-state index >= 15 is 0 Å². The summed E-state index contributed by atoms with van der Waals surface area (Å²) in [5, 5.41) is 3.57. The summed E-state index contributed by atoms with van der Waals surface area (Å²) in [5.41, 5.74) is 2.13. The summed E-state index contributed by atoms with van der Waals surface area (Å²) < 4.78 is 5.64. The first kappa shape index (κ1) is 16.4. The first-order chi connectivity index (χ1) is 10.6. The molecule has 0 aliphatic carbocycles. The monoisotopic (exact) mass is 317 g/mol. The van der Waals surface area contributed by atoms with Crippen LogP contribution in [0.3, 0.4) is 0 Å². The van der Waals surface area contributed by atoms with Gasteiger partial charge in [-0.15, -0.1) is 0 Å². The van der Waals surface area contributed by atoms with Crippen LogP contribution in [0.5, 0.6) is 5.75 Å². The molecule has 4 heteroatoms. The SMILES string of the molecule is Cc1cc(O[C@H](C)C(=O)NCCc2ccccc2)ccc1Cl. The summed E-state index contributed by atoms with van der Waals surface area (Å²) in [6, 6.07) is 15.4. The summed E-state index contributed by atoms with van der Waals surface area (Å²) in [6.07, 6.45) is 0.260. The van der Waals surface area contributed by atoms with Crippen molar-refractivity contribution in [1.29, 1.82) is 0 Å². The summed E-state index contributed by atoms with van der Waals surface area (Å²) in [6.45, 7) is 4.23. The highest BCUT2D eigenvalue weighted by Crippen LogP contribution is 2.21. The Morgan fingerprint density at radius 2 is 1.95 bits per heavy atom. The molecule has 0 spiro atoms. The molecule has 0 bridgehead atoms. The maximum Gasteiger partial charge on any atom is 0.260 e. The Bertz CT molecular complexity index is 628. The van der Waals surface area contributed by atoms with Crippen molar-refractivity contribution in [3.8, 4) is 5.75 Å². The number of nitrogens with one attached hydrogen (secondary N) is 1. The predicted molar refractivity (Wildman–Crippen MR) is 89.4 cm³/mol. The molecule has 2 aromatic rings. The number of ether oxygens (including phenoxy) is 1. The molecule has 0 aliphatic rings. The third-order valence-corrected chi connectivity index (χ3v) is 3.79. The van der Waals surface area contributed by atoms with Crippen molar-refractivity contribution in [3.63, 3.8) is 0 Å². The van der Waals surface area contributed by atoms with Crippen molar-refractivity contribution in [1.82, 2.24) is 5.32 Å². The number of hydrogen-bond acceptors (Lipinski definition) is 2. The smallest absolute Gasteiger partial charge is 0.260 e. The minimum atomic E-state index is -0.545. The molecule has 1 amide bonds. The van der Waals surface area contributed by atoms with E-state index in [0.29, 0.717) is 17.3 Å². The largest absolute Gasteiger partial charge is 0.481 e. The Balaban J connectivity index is 1.80. The van der Waals surface area contributed by atoms with Gasteiger partial charge in [0.05, 0.1) is 0 Å². The van der Waals surface area contributed by atoms with Gasteiger partial charge in [0.2, 0.25) is 0 Å². The van der Waals surface area contributed by atoms with Crippen LogP contribution < -0.4 is 10.1 Å². The van der Waals surface area contributed by atoms with Gasteiger partial charge >= 0.3 is 0 Å². The molecule has 0 saturated heterocycles. The molecule has 2 aromatic carbocycles. The number of carbonyl (C=O) groups excluding carboxylic acids is 1. The highest BCUT2D eigenvalue weighted by molar-refractivity contribution is 6.31. The van der Waals surface area contributed by atoms with Gasteiger partial charge in [-0.1, -0.05) is 41.9 Å². The maximum atomic E-state index is 12.0. The molecular weight excluding hydrogens is 298 g/mol. The van der Waals surface area contributed by atoms with Crippen molar-refractivity contribution in [3.05, 3.63) is 64.7 Å². The topological polar surface area (TPSA) is 38.3 Å².